The molecule has 0 radical (unpaired) electrons. The van der Waals surface area contributed by atoms with Crippen molar-refractivity contribution in [3.8, 4) is 0 Å². The number of carbonyl (C=O) groups excluding carboxylic acids is 1. The zero-order chi connectivity index (χ0) is 16.8. The van der Waals surface area contributed by atoms with Crippen LogP contribution in [0.1, 0.15) is 36.7 Å². The smallest absolute Gasteiger partial charge is 0.254 e. The molecular formula is C20H22BrNO. The molecule has 23 heavy (non-hydrogen) atoms. The zero-order valence-electron chi connectivity index (χ0n) is 13.8. The van der Waals surface area contributed by atoms with E-state index in [1.165, 1.54) is 0 Å². The van der Waals surface area contributed by atoms with Gasteiger partial charge in [-0.2, -0.15) is 0 Å². The topological polar surface area (TPSA) is 20.3 Å². The molecule has 0 atom stereocenters. The summed E-state index contributed by atoms with van der Waals surface area (Å²) >= 11 is 3.40. The van der Waals surface area contributed by atoms with Crippen molar-refractivity contribution < 1.29 is 4.79 Å². The second-order valence-corrected chi connectivity index (χ2v) is 6.85. The van der Waals surface area contributed by atoms with Crippen LogP contribution in [-0.4, -0.2) is 23.4 Å². The van der Waals surface area contributed by atoms with Gasteiger partial charge in [-0.05, 0) is 50.6 Å². The lowest BCUT2D eigenvalue weighted by molar-refractivity contribution is 0.0724. The Morgan fingerprint density at radius 1 is 1.09 bits per heavy atom. The van der Waals surface area contributed by atoms with Gasteiger partial charge in [-0.1, -0.05) is 57.9 Å². The molecule has 2 rings (SSSR count). The van der Waals surface area contributed by atoms with Crippen LogP contribution in [0.5, 0.6) is 0 Å². The molecule has 1 amide bonds. The standard InChI is InChI=1S/C20H22BrNO/c1-15(2)22(20(23)18-9-11-19(21)12-10-18)14-16(3)13-17-7-5-4-6-8-17/h4-13,15H,14H2,1-3H3/b16-13+. The van der Waals surface area contributed by atoms with E-state index in [4.69, 9.17) is 0 Å². The summed E-state index contributed by atoms with van der Waals surface area (Å²) in [6, 6.07) is 17.8. The third-order valence-electron chi connectivity index (χ3n) is 3.61. The Balaban J connectivity index is 2.17. The number of amides is 1. The first-order chi connectivity index (χ1) is 11.0. The summed E-state index contributed by atoms with van der Waals surface area (Å²) in [5.74, 6) is 0.0633. The van der Waals surface area contributed by atoms with Crippen molar-refractivity contribution in [2.24, 2.45) is 0 Å². The molecule has 3 heteroatoms. The van der Waals surface area contributed by atoms with Crippen LogP contribution in [0.2, 0.25) is 0 Å². The zero-order valence-corrected chi connectivity index (χ0v) is 15.4. The van der Waals surface area contributed by atoms with E-state index in [0.717, 1.165) is 21.2 Å². The van der Waals surface area contributed by atoms with Crippen LogP contribution >= 0.6 is 15.9 Å². The highest BCUT2D eigenvalue weighted by molar-refractivity contribution is 9.10. The number of benzene rings is 2. The van der Waals surface area contributed by atoms with Gasteiger partial charge >= 0.3 is 0 Å². The van der Waals surface area contributed by atoms with Crippen molar-refractivity contribution >= 4 is 27.9 Å². The number of hydrogen-bond acceptors (Lipinski definition) is 1. The molecule has 0 heterocycles. The molecule has 0 aliphatic heterocycles. The van der Waals surface area contributed by atoms with Gasteiger partial charge in [0.25, 0.3) is 5.91 Å². The van der Waals surface area contributed by atoms with Crippen LogP contribution in [0, 0.1) is 0 Å². The number of halogens is 1. The lowest BCUT2D eigenvalue weighted by Crippen LogP contribution is -2.38. The first-order valence-electron chi connectivity index (χ1n) is 7.76. The predicted octanol–water partition coefficient (Wildman–Crippen LogP) is 5.40. The minimum Gasteiger partial charge on any atom is -0.332 e. The Bertz CT molecular complexity index is 675. The summed E-state index contributed by atoms with van der Waals surface area (Å²) in [6.07, 6.45) is 2.13. The Kier molecular flexibility index (Phi) is 6.17. The fraction of sp³-hybridized carbons (Fsp3) is 0.250. The van der Waals surface area contributed by atoms with Crippen molar-refractivity contribution in [2.75, 3.05) is 6.54 Å². The van der Waals surface area contributed by atoms with Crippen LogP contribution in [0.15, 0.2) is 64.6 Å². The molecule has 0 N–H and O–H groups in total. The van der Waals surface area contributed by atoms with Crippen molar-refractivity contribution in [1.29, 1.82) is 0 Å². The first kappa shape index (κ1) is 17.5. The number of hydrogen-bond donors (Lipinski definition) is 0. The molecular weight excluding hydrogens is 350 g/mol. The predicted molar refractivity (Wildman–Crippen MR) is 100 cm³/mol. The molecule has 0 fully saturated rings. The highest BCUT2D eigenvalue weighted by Crippen LogP contribution is 2.16. The monoisotopic (exact) mass is 371 g/mol. The summed E-state index contributed by atoms with van der Waals surface area (Å²) < 4.78 is 0.977. The Labute approximate surface area is 147 Å². The minimum atomic E-state index is 0.0633. The van der Waals surface area contributed by atoms with E-state index in [1.54, 1.807) is 0 Å². The van der Waals surface area contributed by atoms with Crippen molar-refractivity contribution in [2.45, 2.75) is 26.8 Å². The molecule has 0 saturated carbocycles. The molecule has 0 spiro atoms. The van der Waals surface area contributed by atoms with Gasteiger partial charge in [0.15, 0.2) is 0 Å². The highest BCUT2D eigenvalue weighted by atomic mass is 79.9. The SMILES string of the molecule is C/C(=C\c1ccccc1)CN(C(=O)c1ccc(Br)cc1)C(C)C. The van der Waals surface area contributed by atoms with E-state index in [1.807, 2.05) is 61.2 Å². The number of rotatable bonds is 5. The van der Waals surface area contributed by atoms with Crippen LogP contribution < -0.4 is 0 Å². The second kappa shape index (κ2) is 8.11. The number of nitrogens with zero attached hydrogens (tertiary/aromatic N) is 1. The summed E-state index contributed by atoms with van der Waals surface area (Å²) in [6.45, 7) is 6.79. The van der Waals surface area contributed by atoms with E-state index >= 15 is 0 Å². The summed E-state index contributed by atoms with van der Waals surface area (Å²) in [4.78, 5) is 14.7. The molecule has 2 aromatic carbocycles. The average molecular weight is 372 g/mol. The lowest BCUT2D eigenvalue weighted by atomic mass is 10.1. The second-order valence-electron chi connectivity index (χ2n) is 5.94. The average Bonchev–Trinajstić information content (AvgIpc) is 2.53. The number of carbonyl (C=O) groups is 1. The molecule has 2 aromatic rings. The van der Waals surface area contributed by atoms with Gasteiger partial charge in [-0.25, -0.2) is 0 Å². The highest BCUT2D eigenvalue weighted by Gasteiger charge is 2.18. The Morgan fingerprint density at radius 2 is 1.70 bits per heavy atom. The van der Waals surface area contributed by atoms with E-state index < -0.39 is 0 Å². The van der Waals surface area contributed by atoms with Gasteiger partial charge < -0.3 is 4.90 Å². The van der Waals surface area contributed by atoms with Crippen molar-refractivity contribution in [1.82, 2.24) is 4.90 Å². The maximum Gasteiger partial charge on any atom is 0.254 e. The van der Waals surface area contributed by atoms with Gasteiger partial charge in [-0.3, -0.25) is 4.79 Å². The van der Waals surface area contributed by atoms with E-state index in [0.29, 0.717) is 6.54 Å². The molecule has 0 aliphatic carbocycles. The molecule has 0 saturated heterocycles. The van der Waals surface area contributed by atoms with E-state index in [-0.39, 0.29) is 11.9 Å². The molecule has 0 aromatic heterocycles. The van der Waals surface area contributed by atoms with Gasteiger partial charge in [0.05, 0.1) is 0 Å². The summed E-state index contributed by atoms with van der Waals surface area (Å²) in [7, 11) is 0. The van der Waals surface area contributed by atoms with Gasteiger partial charge in [0, 0.05) is 22.6 Å². The molecule has 2 nitrogen and oxygen atoms in total. The van der Waals surface area contributed by atoms with Gasteiger partial charge in [-0.15, -0.1) is 0 Å². The van der Waals surface area contributed by atoms with Crippen LogP contribution in [0.3, 0.4) is 0 Å². The van der Waals surface area contributed by atoms with Crippen LogP contribution in [0.4, 0.5) is 0 Å². The summed E-state index contributed by atoms with van der Waals surface area (Å²) in [5, 5.41) is 0. The summed E-state index contributed by atoms with van der Waals surface area (Å²) in [5.41, 5.74) is 3.04. The maximum absolute atomic E-state index is 12.8. The van der Waals surface area contributed by atoms with E-state index in [2.05, 4.69) is 41.1 Å². The fourth-order valence-corrected chi connectivity index (χ4v) is 2.66. The maximum atomic E-state index is 12.8. The molecule has 0 unspecified atom stereocenters. The molecule has 0 bridgehead atoms. The quantitative estimate of drug-likeness (QED) is 0.688. The fourth-order valence-electron chi connectivity index (χ4n) is 2.40. The third-order valence-corrected chi connectivity index (χ3v) is 4.14. The normalized spacial score (nSPS) is 11.6. The van der Waals surface area contributed by atoms with Gasteiger partial charge in [0.1, 0.15) is 0 Å². The Morgan fingerprint density at radius 3 is 2.26 bits per heavy atom. The largest absolute Gasteiger partial charge is 0.332 e. The van der Waals surface area contributed by atoms with Crippen molar-refractivity contribution in [3.05, 3.63) is 75.8 Å². The van der Waals surface area contributed by atoms with Crippen molar-refractivity contribution in [3.63, 3.8) is 0 Å². The minimum absolute atomic E-state index is 0.0633. The van der Waals surface area contributed by atoms with Crippen LogP contribution in [-0.2, 0) is 0 Å². The third kappa shape index (κ3) is 5.07. The molecule has 0 aliphatic rings. The van der Waals surface area contributed by atoms with Crippen LogP contribution in [0.25, 0.3) is 6.08 Å². The first-order valence-corrected chi connectivity index (χ1v) is 8.55. The Hall–Kier alpha value is -1.87. The molecule has 120 valence electrons. The van der Waals surface area contributed by atoms with E-state index in [9.17, 15) is 4.79 Å². The lowest BCUT2D eigenvalue weighted by Gasteiger charge is -2.27. The van der Waals surface area contributed by atoms with Gasteiger partial charge in [0.2, 0.25) is 0 Å².